The van der Waals surface area contributed by atoms with Crippen LogP contribution in [-0.4, -0.2) is 25.8 Å². The highest BCUT2D eigenvalue weighted by Gasteiger charge is 2.36. The predicted octanol–water partition coefficient (Wildman–Crippen LogP) is 5.64. The highest BCUT2D eigenvalue weighted by molar-refractivity contribution is 7.89. The van der Waals surface area contributed by atoms with Crippen LogP contribution >= 0.6 is 0 Å². The average Bonchev–Trinajstić information content (AvgIpc) is 3.25. The van der Waals surface area contributed by atoms with Gasteiger partial charge in [-0.25, -0.2) is 8.42 Å². The standard InChI is InChI=1S/C28H29NO2S/c1-3-4-6-11-24-15-16-25-20-29(32(30,31)26-17-12-22(2)13-18-26)21-28(25)27(24)19-14-23-9-7-5-8-10-23/h5,7-10,12-13,16-18,27H,3-4,6,11,20-21H2,1-2H3. The Labute approximate surface area is 192 Å². The van der Waals surface area contributed by atoms with Crippen LogP contribution in [0.25, 0.3) is 0 Å². The van der Waals surface area contributed by atoms with E-state index in [1.54, 1.807) is 16.4 Å². The Morgan fingerprint density at radius 2 is 1.78 bits per heavy atom. The molecule has 0 fully saturated rings. The van der Waals surface area contributed by atoms with Crippen molar-refractivity contribution in [3.63, 3.8) is 0 Å². The van der Waals surface area contributed by atoms with E-state index >= 15 is 0 Å². The van der Waals surface area contributed by atoms with Gasteiger partial charge in [-0.2, -0.15) is 4.31 Å². The molecule has 1 atom stereocenters. The molecule has 0 radical (unpaired) electrons. The molecule has 0 saturated heterocycles. The van der Waals surface area contributed by atoms with Crippen LogP contribution in [0.2, 0.25) is 0 Å². The fourth-order valence-electron chi connectivity index (χ4n) is 4.19. The summed E-state index contributed by atoms with van der Waals surface area (Å²) in [5, 5.41) is 0. The first-order valence-corrected chi connectivity index (χ1v) is 12.7. The van der Waals surface area contributed by atoms with E-state index in [4.69, 9.17) is 0 Å². The smallest absolute Gasteiger partial charge is 0.207 e. The second-order valence-corrected chi connectivity index (χ2v) is 10.4. The van der Waals surface area contributed by atoms with Gasteiger partial charge in [-0.05, 0) is 66.8 Å². The van der Waals surface area contributed by atoms with Crippen molar-refractivity contribution >= 4 is 10.0 Å². The maximum Gasteiger partial charge on any atom is 0.243 e. The zero-order valence-electron chi connectivity index (χ0n) is 18.8. The van der Waals surface area contributed by atoms with Crippen LogP contribution in [0.5, 0.6) is 0 Å². The van der Waals surface area contributed by atoms with Gasteiger partial charge in [-0.15, -0.1) is 5.73 Å². The maximum atomic E-state index is 13.3. The molecule has 32 heavy (non-hydrogen) atoms. The van der Waals surface area contributed by atoms with Crippen molar-refractivity contribution < 1.29 is 8.42 Å². The number of hydrogen-bond donors (Lipinski definition) is 0. The van der Waals surface area contributed by atoms with Crippen LogP contribution in [-0.2, 0) is 10.0 Å². The quantitative estimate of drug-likeness (QED) is 0.329. The summed E-state index contributed by atoms with van der Waals surface area (Å²) < 4.78 is 28.2. The summed E-state index contributed by atoms with van der Waals surface area (Å²) in [5.74, 6) is 6.69. The minimum Gasteiger partial charge on any atom is -0.207 e. The fourth-order valence-corrected chi connectivity index (χ4v) is 5.59. The Morgan fingerprint density at radius 1 is 1.03 bits per heavy atom. The van der Waals surface area contributed by atoms with Crippen molar-refractivity contribution in [1.82, 2.24) is 4.31 Å². The van der Waals surface area contributed by atoms with Crippen molar-refractivity contribution in [3.8, 4) is 11.8 Å². The van der Waals surface area contributed by atoms with E-state index in [0.29, 0.717) is 18.0 Å². The molecule has 0 saturated carbocycles. The van der Waals surface area contributed by atoms with Gasteiger partial charge < -0.3 is 0 Å². The zero-order chi connectivity index (χ0) is 22.6. The highest BCUT2D eigenvalue weighted by atomic mass is 32.2. The molecular formula is C28H29NO2S. The van der Waals surface area contributed by atoms with Gasteiger partial charge >= 0.3 is 0 Å². The molecule has 1 unspecified atom stereocenters. The van der Waals surface area contributed by atoms with Gasteiger partial charge in [0.2, 0.25) is 10.0 Å². The molecule has 2 aromatic carbocycles. The molecule has 1 aliphatic heterocycles. The lowest BCUT2D eigenvalue weighted by atomic mass is 9.84. The summed E-state index contributed by atoms with van der Waals surface area (Å²) in [5.41, 5.74) is 8.80. The van der Waals surface area contributed by atoms with Crippen LogP contribution < -0.4 is 0 Å². The first-order valence-electron chi connectivity index (χ1n) is 11.3. The van der Waals surface area contributed by atoms with Crippen LogP contribution in [0, 0.1) is 24.7 Å². The minimum absolute atomic E-state index is 0.0784. The van der Waals surface area contributed by atoms with Crippen molar-refractivity contribution in [3.05, 3.63) is 94.3 Å². The Hall–Kier alpha value is -2.83. The van der Waals surface area contributed by atoms with E-state index < -0.39 is 10.0 Å². The number of unbranched alkanes of at least 4 members (excludes halogenated alkanes) is 2. The van der Waals surface area contributed by atoms with E-state index in [1.807, 2.05) is 55.5 Å². The number of nitrogens with zero attached hydrogens (tertiary/aromatic N) is 1. The number of aryl methyl sites for hydroxylation is 1. The van der Waals surface area contributed by atoms with Crippen LogP contribution in [0.3, 0.4) is 0 Å². The summed E-state index contributed by atoms with van der Waals surface area (Å²) in [6, 6.07) is 17.0. The molecule has 0 amide bonds. The second-order valence-electron chi connectivity index (χ2n) is 8.48. The lowest BCUT2D eigenvalue weighted by Gasteiger charge is -2.20. The van der Waals surface area contributed by atoms with E-state index in [1.165, 1.54) is 12.0 Å². The van der Waals surface area contributed by atoms with Gasteiger partial charge in [0.05, 0.1) is 10.8 Å². The number of rotatable bonds is 6. The SMILES string of the molecule is CCCCCC1=C=CC2=C(CN(S(=O)(=O)c3ccc(C)cc3)C2)C1C#Cc1ccccc1. The zero-order valence-corrected chi connectivity index (χ0v) is 19.6. The summed E-state index contributed by atoms with van der Waals surface area (Å²) in [4.78, 5) is 0.343. The van der Waals surface area contributed by atoms with Gasteiger partial charge in [0.25, 0.3) is 0 Å². The summed E-state index contributed by atoms with van der Waals surface area (Å²) in [6.45, 7) is 4.92. The van der Waals surface area contributed by atoms with Gasteiger partial charge in [0.1, 0.15) is 0 Å². The van der Waals surface area contributed by atoms with E-state index in [-0.39, 0.29) is 5.92 Å². The average molecular weight is 444 g/mol. The largest absolute Gasteiger partial charge is 0.243 e. The lowest BCUT2D eigenvalue weighted by Crippen LogP contribution is -2.30. The van der Waals surface area contributed by atoms with E-state index in [9.17, 15) is 8.42 Å². The molecule has 164 valence electrons. The molecule has 4 rings (SSSR count). The molecule has 1 aliphatic carbocycles. The molecule has 0 bridgehead atoms. The van der Waals surface area contributed by atoms with Crippen molar-refractivity contribution in [2.45, 2.75) is 44.4 Å². The summed E-state index contributed by atoms with van der Waals surface area (Å²) in [7, 11) is -3.56. The highest BCUT2D eigenvalue weighted by Crippen LogP contribution is 2.36. The van der Waals surface area contributed by atoms with Gasteiger partial charge in [-0.1, -0.05) is 67.5 Å². The fraction of sp³-hybridized carbons (Fsp3) is 0.321. The molecule has 4 heteroatoms. The molecule has 1 heterocycles. The Morgan fingerprint density at radius 3 is 2.50 bits per heavy atom. The van der Waals surface area contributed by atoms with Crippen molar-refractivity contribution in [1.29, 1.82) is 0 Å². The second kappa shape index (κ2) is 9.76. The molecular weight excluding hydrogens is 414 g/mol. The molecule has 0 N–H and O–H groups in total. The molecule has 2 aliphatic rings. The van der Waals surface area contributed by atoms with Gasteiger partial charge in [-0.3, -0.25) is 0 Å². The molecule has 0 spiro atoms. The minimum atomic E-state index is -3.56. The number of sulfonamides is 1. The lowest BCUT2D eigenvalue weighted by molar-refractivity contribution is 0.479. The Kier molecular flexibility index (Phi) is 6.82. The Bertz CT molecular complexity index is 1240. The number of benzene rings is 2. The van der Waals surface area contributed by atoms with Crippen molar-refractivity contribution in [2.75, 3.05) is 13.1 Å². The van der Waals surface area contributed by atoms with Gasteiger partial charge in [0, 0.05) is 18.7 Å². The monoisotopic (exact) mass is 443 g/mol. The topological polar surface area (TPSA) is 37.4 Å². The third-order valence-corrected chi connectivity index (χ3v) is 7.88. The third kappa shape index (κ3) is 4.81. The van der Waals surface area contributed by atoms with Crippen LogP contribution in [0.1, 0.15) is 43.7 Å². The molecule has 0 aromatic heterocycles. The first kappa shape index (κ1) is 22.4. The van der Waals surface area contributed by atoms with Crippen LogP contribution in [0.4, 0.5) is 0 Å². The first-order chi connectivity index (χ1) is 15.5. The predicted molar refractivity (Wildman–Crippen MR) is 130 cm³/mol. The third-order valence-electron chi connectivity index (χ3n) is 6.08. The maximum absolute atomic E-state index is 13.3. The van der Waals surface area contributed by atoms with Crippen molar-refractivity contribution in [2.24, 2.45) is 5.92 Å². The summed E-state index contributed by atoms with van der Waals surface area (Å²) in [6.07, 6.45) is 6.36. The van der Waals surface area contributed by atoms with E-state index in [2.05, 4.69) is 24.5 Å². The summed E-state index contributed by atoms with van der Waals surface area (Å²) >= 11 is 0. The normalized spacial score (nSPS) is 18.2. The van der Waals surface area contributed by atoms with Gasteiger partial charge in [0.15, 0.2) is 0 Å². The van der Waals surface area contributed by atoms with E-state index in [0.717, 1.165) is 41.5 Å². The molecule has 2 aromatic rings. The Balaban J connectivity index is 1.62. The number of hydrogen-bond acceptors (Lipinski definition) is 2. The van der Waals surface area contributed by atoms with Crippen LogP contribution in [0.15, 0.2) is 88.0 Å². The molecule has 3 nitrogen and oxygen atoms in total.